The lowest BCUT2D eigenvalue weighted by Gasteiger charge is -2.27. The summed E-state index contributed by atoms with van der Waals surface area (Å²) < 4.78 is 0. The monoisotopic (exact) mass is 483 g/mol. The zero-order valence-corrected chi connectivity index (χ0v) is 22.6. The fraction of sp³-hybridized carbons (Fsp3) is 0.885. The zero-order chi connectivity index (χ0) is 25.4. The second-order valence-corrected chi connectivity index (χ2v) is 9.03. The lowest BCUT2D eigenvalue weighted by Crippen LogP contribution is -2.41. The average Bonchev–Trinajstić information content (AvgIpc) is 2.84. The first kappa shape index (κ1) is 32.5. The molecule has 8 nitrogen and oxygen atoms in total. The summed E-state index contributed by atoms with van der Waals surface area (Å²) in [6, 6.07) is 0. The zero-order valence-electron chi connectivity index (χ0n) is 22.6. The Morgan fingerprint density at radius 3 is 1.53 bits per heavy atom. The summed E-state index contributed by atoms with van der Waals surface area (Å²) in [7, 11) is 0. The number of rotatable bonds is 24. The van der Waals surface area contributed by atoms with Crippen LogP contribution in [0.1, 0.15) is 85.5 Å². The van der Waals surface area contributed by atoms with Gasteiger partial charge in [-0.25, -0.2) is 0 Å². The predicted octanol–water partition coefficient (Wildman–Crippen LogP) is 2.57. The molecule has 0 aliphatic heterocycles. The second-order valence-electron chi connectivity index (χ2n) is 9.03. The molecule has 0 heterocycles. The van der Waals surface area contributed by atoms with E-state index in [0.717, 1.165) is 71.4 Å². The maximum absolute atomic E-state index is 12.2. The molecule has 0 aromatic rings. The van der Waals surface area contributed by atoms with E-state index in [1.165, 1.54) is 0 Å². The Morgan fingerprint density at radius 1 is 0.529 bits per heavy atom. The van der Waals surface area contributed by atoms with E-state index in [-0.39, 0.29) is 11.8 Å². The number of carbonyl (C=O) groups excluding carboxylic acids is 3. The van der Waals surface area contributed by atoms with E-state index >= 15 is 0 Å². The molecule has 8 heteroatoms. The first-order valence-electron chi connectivity index (χ1n) is 13.7. The van der Waals surface area contributed by atoms with Crippen molar-refractivity contribution in [2.45, 2.75) is 85.5 Å². The van der Waals surface area contributed by atoms with Crippen molar-refractivity contribution in [2.24, 2.45) is 0 Å². The number of hydrogen-bond donors (Lipinski definition) is 3. The summed E-state index contributed by atoms with van der Waals surface area (Å²) in [5, 5.41) is 9.32. The molecule has 0 rings (SSSR count). The van der Waals surface area contributed by atoms with Crippen LogP contribution < -0.4 is 16.0 Å². The smallest absolute Gasteiger partial charge is 0.221 e. The third kappa shape index (κ3) is 19.9. The quantitative estimate of drug-likeness (QED) is 0.183. The van der Waals surface area contributed by atoms with Crippen molar-refractivity contribution in [2.75, 3.05) is 65.4 Å². The Bertz CT molecular complexity index is 507. The van der Waals surface area contributed by atoms with Gasteiger partial charge in [0.15, 0.2) is 0 Å². The molecule has 0 aliphatic carbocycles. The van der Waals surface area contributed by atoms with Crippen molar-refractivity contribution in [3.63, 3.8) is 0 Å². The van der Waals surface area contributed by atoms with Gasteiger partial charge in [-0.1, -0.05) is 34.1 Å². The van der Waals surface area contributed by atoms with Crippen molar-refractivity contribution in [3.05, 3.63) is 0 Å². The number of carbonyl (C=O) groups is 3. The topological polar surface area (TPSA) is 93.8 Å². The summed E-state index contributed by atoms with van der Waals surface area (Å²) in [5.41, 5.74) is 0. The largest absolute Gasteiger partial charge is 0.356 e. The summed E-state index contributed by atoms with van der Waals surface area (Å²) >= 11 is 0. The fourth-order valence-electron chi connectivity index (χ4n) is 3.50. The third-order valence-corrected chi connectivity index (χ3v) is 5.73. The van der Waals surface area contributed by atoms with E-state index in [1.54, 1.807) is 0 Å². The Balaban J connectivity index is 4.84. The number of amides is 2. The number of unbranched alkanes of at least 4 members (excludes halogenated alkanes) is 1. The maximum Gasteiger partial charge on any atom is 0.221 e. The van der Waals surface area contributed by atoms with Gasteiger partial charge >= 0.3 is 0 Å². The molecular weight excluding hydrogens is 430 g/mol. The summed E-state index contributed by atoms with van der Waals surface area (Å²) in [6.45, 7) is 16.2. The predicted molar refractivity (Wildman–Crippen MR) is 141 cm³/mol. The molecule has 0 radical (unpaired) electrons. The van der Waals surface area contributed by atoms with Gasteiger partial charge in [0.25, 0.3) is 0 Å². The normalized spacial score (nSPS) is 11.2. The lowest BCUT2D eigenvalue weighted by atomic mass is 10.1. The van der Waals surface area contributed by atoms with Crippen LogP contribution in [-0.2, 0) is 14.4 Å². The molecular formula is C26H53N5O3. The number of Topliss-reactive ketones (excluding diaryl/α,β-unsaturated/α-hetero) is 1. The van der Waals surface area contributed by atoms with E-state index < -0.39 is 0 Å². The molecule has 0 aliphatic rings. The van der Waals surface area contributed by atoms with Crippen molar-refractivity contribution in [3.8, 4) is 0 Å². The first-order valence-corrected chi connectivity index (χ1v) is 13.7. The van der Waals surface area contributed by atoms with Crippen LogP contribution in [0.5, 0.6) is 0 Å². The van der Waals surface area contributed by atoms with Crippen LogP contribution in [0, 0.1) is 0 Å². The summed E-state index contributed by atoms with van der Waals surface area (Å²) in [6.07, 6.45) is 7.08. The average molecular weight is 484 g/mol. The summed E-state index contributed by atoms with van der Waals surface area (Å²) in [5.74, 6) is 0.458. The van der Waals surface area contributed by atoms with Gasteiger partial charge in [0.05, 0.1) is 0 Å². The van der Waals surface area contributed by atoms with Gasteiger partial charge in [-0.3, -0.25) is 14.4 Å². The molecule has 0 unspecified atom stereocenters. The van der Waals surface area contributed by atoms with E-state index in [9.17, 15) is 14.4 Å². The molecule has 200 valence electrons. The van der Waals surface area contributed by atoms with Crippen LogP contribution in [0.2, 0.25) is 0 Å². The molecule has 0 spiro atoms. The van der Waals surface area contributed by atoms with E-state index in [0.29, 0.717) is 57.6 Å². The molecule has 0 atom stereocenters. The highest BCUT2D eigenvalue weighted by Crippen LogP contribution is 2.03. The molecule has 34 heavy (non-hydrogen) atoms. The van der Waals surface area contributed by atoms with Gasteiger partial charge in [0.2, 0.25) is 11.8 Å². The van der Waals surface area contributed by atoms with Crippen LogP contribution in [0.4, 0.5) is 0 Å². The van der Waals surface area contributed by atoms with Gasteiger partial charge in [0.1, 0.15) is 5.78 Å². The van der Waals surface area contributed by atoms with Crippen molar-refractivity contribution in [1.29, 1.82) is 0 Å². The highest BCUT2D eigenvalue weighted by atomic mass is 16.2. The van der Waals surface area contributed by atoms with Gasteiger partial charge in [0, 0.05) is 84.6 Å². The van der Waals surface area contributed by atoms with Crippen molar-refractivity contribution >= 4 is 17.6 Å². The highest BCUT2D eigenvalue weighted by Gasteiger charge is 2.14. The molecule has 2 amide bonds. The minimum atomic E-state index is 0.0597. The molecule has 0 fully saturated rings. The number of nitrogens with zero attached hydrogens (tertiary/aromatic N) is 2. The van der Waals surface area contributed by atoms with Crippen LogP contribution in [0.25, 0.3) is 0 Å². The Kier molecular flexibility index (Phi) is 22.2. The van der Waals surface area contributed by atoms with Crippen LogP contribution in [0.15, 0.2) is 0 Å². The SMILES string of the molecule is CCCCC(=O)CCN(CCNCCC)CCN(CCC(=O)NCCC)CCC(=O)NCCC. The summed E-state index contributed by atoms with van der Waals surface area (Å²) in [4.78, 5) is 41.0. The van der Waals surface area contributed by atoms with Crippen LogP contribution >= 0.6 is 0 Å². The Labute approximate surface area is 209 Å². The molecule has 0 saturated carbocycles. The van der Waals surface area contributed by atoms with E-state index in [1.807, 2.05) is 13.8 Å². The van der Waals surface area contributed by atoms with Crippen LogP contribution in [-0.4, -0.2) is 92.8 Å². The van der Waals surface area contributed by atoms with Gasteiger partial charge < -0.3 is 25.8 Å². The maximum atomic E-state index is 12.2. The molecule has 0 bridgehead atoms. The van der Waals surface area contributed by atoms with E-state index in [2.05, 4.69) is 39.6 Å². The Hall–Kier alpha value is -1.51. The minimum absolute atomic E-state index is 0.0597. The minimum Gasteiger partial charge on any atom is -0.356 e. The molecule has 0 aromatic heterocycles. The first-order chi connectivity index (χ1) is 16.5. The molecule has 3 N–H and O–H groups in total. The number of ketones is 1. The number of nitrogens with one attached hydrogen (secondary N) is 3. The lowest BCUT2D eigenvalue weighted by molar-refractivity contribution is -0.122. The van der Waals surface area contributed by atoms with Gasteiger partial charge in [-0.15, -0.1) is 0 Å². The van der Waals surface area contributed by atoms with Gasteiger partial charge in [-0.05, 0) is 32.2 Å². The number of hydrogen-bond acceptors (Lipinski definition) is 6. The van der Waals surface area contributed by atoms with Gasteiger partial charge in [-0.2, -0.15) is 0 Å². The molecule has 0 aromatic carbocycles. The highest BCUT2D eigenvalue weighted by molar-refractivity contribution is 5.78. The molecule has 0 saturated heterocycles. The fourth-order valence-corrected chi connectivity index (χ4v) is 3.50. The third-order valence-electron chi connectivity index (χ3n) is 5.73. The second kappa shape index (κ2) is 23.2. The van der Waals surface area contributed by atoms with Crippen LogP contribution in [0.3, 0.4) is 0 Å². The standard InChI is InChI=1S/C26H53N5O3/c1-5-9-10-24(32)11-18-31(21-17-27-14-6-2)23-22-30(19-12-25(33)28-15-7-3)20-13-26(34)29-16-8-4/h27H,5-23H2,1-4H3,(H,28,33)(H,29,34). The van der Waals surface area contributed by atoms with Crippen molar-refractivity contribution < 1.29 is 14.4 Å². The van der Waals surface area contributed by atoms with Crippen molar-refractivity contribution in [1.82, 2.24) is 25.8 Å². The Morgan fingerprint density at radius 2 is 1.03 bits per heavy atom. The van der Waals surface area contributed by atoms with E-state index in [4.69, 9.17) is 0 Å².